The van der Waals surface area contributed by atoms with Crippen molar-refractivity contribution in [3.05, 3.63) is 29.8 Å². The first-order valence-corrected chi connectivity index (χ1v) is 7.54. The molecule has 0 aromatic heterocycles. The summed E-state index contributed by atoms with van der Waals surface area (Å²) in [6, 6.07) is 5.56. The first kappa shape index (κ1) is 14.0. The topological polar surface area (TPSA) is 47.6 Å². The van der Waals surface area contributed by atoms with Crippen molar-refractivity contribution in [3.63, 3.8) is 0 Å². The van der Waals surface area contributed by atoms with E-state index in [0.717, 1.165) is 48.4 Å². The van der Waals surface area contributed by atoms with Gasteiger partial charge in [0, 0.05) is 30.7 Å². The summed E-state index contributed by atoms with van der Waals surface area (Å²) in [5.41, 5.74) is 1.70. The molecule has 1 N–H and O–H groups in total. The van der Waals surface area contributed by atoms with E-state index in [1.54, 1.807) is 6.08 Å². The van der Waals surface area contributed by atoms with Crippen molar-refractivity contribution in [3.8, 4) is 11.5 Å². The minimum atomic E-state index is -0.469. The Bertz CT molecular complexity index is 582. The molecule has 1 saturated carbocycles. The smallest absolute Gasteiger partial charge is 0.251 e. The van der Waals surface area contributed by atoms with E-state index >= 15 is 0 Å². The molecule has 3 rings (SSSR count). The number of benzene rings is 1. The number of ether oxygens (including phenoxy) is 2. The van der Waals surface area contributed by atoms with Gasteiger partial charge in [0.15, 0.2) is 11.5 Å². The molecule has 4 nitrogen and oxygen atoms in total. The third kappa shape index (κ3) is 3.04. The van der Waals surface area contributed by atoms with Gasteiger partial charge in [-0.1, -0.05) is 12.0 Å². The van der Waals surface area contributed by atoms with Crippen LogP contribution < -0.4 is 14.8 Å². The second-order valence-electron chi connectivity index (χ2n) is 6.05. The molecule has 2 aliphatic rings. The Morgan fingerprint density at radius 3 is 2.57 bits per heavy atom. The summed E-state index contributed by atoms with van der Waals surface area (Å²) in [5, 5.41) is 2.84. The molecule has 1 fully saturated rings. The predicted molar refractivity (Wildman–Crippen MR) is 81.6 cm³/mol. The van der Waals surface area contributed by atoms with Gasteiger partial charge in [-0.15, -0.1) is 0 Å². The highest BCUT2D eigenvalue weighted by atomic mass is 16.7. The lowest BCUT2D eigenvalue weighted by Gasteiger charge is -2.31. The molecule has 0 atom stereocenters. The zero-order chi connectivity index (χ0) is 14.9. The lowest BCUT2D eigenvalue weighted by Crippen LogP contribution is -2.40. The Labute approximate surface area is 125 Å². The maximum atomic E-state index is 11.8. The van der Waals surface area contributed by atoms with E-state index < -0.39 is 5.79 Å². The highest BCUT2D eigenvalue weighted by Gasteiger charge is 2.42. The number of allylic oxidation sites excluding steroid dienone is 1. The largest absolute Gasteiger partial charge is 0.448 e. The summed E-state index contributed by atoms with van der Waals surface area (Å²) in [6.45, 7) is 3.79. The van der Waals surface area contributed by atoms with Gasteiger partial charge < -0.3 is 14.8 Å². The maximum Gasteiger partial charge on any atom is 0.251 e. The van der Waals surface area contributed by atoms with Crippen molar-refractivity contribution in [1.29, 1.82) is 0 Å². The fourth-order valence-corrected chi connectivity index (χ4v) is 2.91. The monoisotopic (exact) mass is 287 g/mol. The van der Waals surface area contributed by atoms with Gasteiger partial charge in [-0.25, -0.2) is 0 Å². The second-order valence-corrected chi connectivity index (χ2v) is 6.05. The molecule has 21 heavy (non-hydrogen) atoms. The lowest BCUT2D eigenvalue weighted by molar-refractivity contribution is -0.112. The van der Waals surface area contributed by atoms with Crippen LogP contribution in [0.5, 0.6) is 11.5 Å². The quantitative estimate of drug-likeness (QED) is 0.836. The van der Waals surface area contributed by atoms with Gasteiger partial charge in [0.2, 0.25) is 5.91 Å². The van der Waals surface area contributed by atoms with E-state index in [9.17, 15) is 4.79 Å². The van der Waals surface area contributed by atoms with Gasteiger partial charge >= 0.3 is 0 Å². The van der Waals surface area contributed by atoms with Gasteiger partial charge in [-0.3, -0.25) is 4.79 Å². The van der Waals surface area contributed by atoms with Crippen LogP contribution in [0.2, 0.25) is 0 Å². The molecule has 1 amide bonds. The maximum absolute atomic E-state index is 11.8. The van der Waals surface area contributed by atoms with E-state index in [1.807, 2.05) is 32.0 Å². The number of anilines is 1. The number of hydrogen-bond acceptors (Lipinski definition) is 3. The lowest BCUT2D eigenvalue weighted by atomic mass is 9.94. The van der Waals surface area contributed by atoms with E-state index in [0.29, 0.717) is 0 Å². The van der Waals surface area contributed by atoms with Gasteiger partial charge in [-0.05, 0) is 38.8 Å². The van der Waals surface area contributed by atoms with Crippen LogP contribution >= 0.6 is 0 Å². The molecule has 0 unspecified atom stereocenters. The van der Waals surface area contributed by atoms with Crippen LogP contribution in [0.1, 0.15) is 46.0 Å². The predicted octanol–water partition coefficient (Wildman–Crippen LogP) is 4.02. The molecule has 1 aromatic rings. The van der Waals surface area contributed by atoms with Crippen molar-refractivity contribution in [2.75, 3.05) is 5.32 Å². The van der Waals surface area contributed by atoms with Crippen molar-refractivity contribution in [1.82, 2.24) is 0 Å². The van der Waals surface area contributed by atoms with Crippen LogP contribution in [0.3, 0.4) is 0 Å². The minimum Gasteiger partial charge on any atom is -0.448 e. The third-order valence-corrected chi connectivity index (χ3v) is 3.84. The minimum absolute atomic E-state index is 0.124. The molecule has 1 heterocycles. The summed E-state index contributed by atoms with van der Waals surface area (Å²) in [6.07, 6.45) is 6.96. The number of carbonyl (C=O) groups excluding carboxylic acids is 1. The Hall–Kier alpha value is -1.97. The number of carbonyl (C=O) groups is 1. The molecule has 1 spiro atoms. The van der Waals surface area contributed by atoms with Crippen molar-refractivity contribution in [2.45, 2.75) is 51.7 Å². The Morgan fingerprint density at radius 2 is 1.86 bits per heavy atom. The average molecular weight is 287 g/mol. The fraction of sp³-hybridized carbons (Fsp3) is 0.471. The first-order chi connectivity index (χ1) is 10.1. The summed E-state index contributed by atoms with van der Waals surface area (Å²) in [5.74, 6) is 0.911. The third-order valence-electron chi connectivity index (χ3n) is 3.84. The number of nitrogens with one attached hydrogen (secondary N) is 1. The molecule has 1 aliphatic carbocycles. The molecule has 0 bridgehead atoms. The number of fused-ring (bicyclic) bond motifs is 1. The van der Waals surface area contributed by atoms with Gasteiger partial charge in [-0.2, -0.15) is 0 Å². The first-order valence-electron chi connectivity index (χ1n) is 7.54. The molecule has 1 aromatic carbocycles. The van der Waals surface area contributed by atoms with Crippen LogP contribution in [0.4, 0.5) is 5.69 Å². The Kier molecular flexibility index (Phi) is 3.62. The van der Waals surface area contributed by atoms with Crippen LogP contribution in [0.25, 0.3) is 0 Å². The summed E-state index contributed by atoms with van der Waals surface area (Å²) < 4.78 is 12.1. The number of hydrogen-bond donors (Lipinski definition) is 1. The standard InChI is InChI=1S/C17H21NO3/c1-12(2)10-16(19)18-13-6-7-14-15(11-13)21-17(20-14)8-4-3-5-9-17/h6-7,10-11H,3-5,8-9H2,1-2H3,(H,18,19). The van der Waals surface area contributed by atoms with E-state index in [4.69, 9.17) is 9.47 Å². The molecule has 4 heteroatoms. The fourth-order valence-electron chi connectivity index (χ4n) is 2.91. The molecule has 0 radical (unpaired) electrons. The Morgan fingerprint density at radius 1 is 1.14 bits per heavy atom. The van der Waals surface area contributed by atoms with E-state index in [1.165, 1.54) is 6.42 Å². The van der Waals surface area contributed by atoms with Crippen LogP contribution in [0.15, 0.2) is 29.8 Å². The summed E-state index contributed by atoms with van der Waals surface area (Å²) in [7, 11) is 0. The highest BCUT2D eigenvalue weighted by Crippen LogP contribution is 2.46. The van der Waals surface area contributed by atoms with Crippen molar-refractivity contribution in [2.24, 2.45) is 0 Å². The molecule has 112 valence electrons. The molecule has 0 saturated heterocycles. The zero-order valence-corrected chi connectivity index (χ0v) is 12.6. The normalized spacial score (nSPS) is 18.4. The summed E-state index contributed by atoms with van der Waals surface area (Å²) >= 11 is 0. The van der Waals surface area contributed by atoms with Crippen LogP contribution in [-0.2, 0) is 4.79 Å². The SMILES string of the molecule is CC(C)=CC(=O)Nc1ccc2c(c1)OC1(CCCCC1)O2. The highest BCUT2D eigenvalue weighted by molar-refractivity contribution is 5.99. The van der Waals surface area contributed by atoms with Crippen molar-refractivity contribution < 1.29 is 14.3 Å². The number of rotatable bonds is 2. The average Bonchev–Trinajstić information content (AvgIpc) is 2.75. The molecular formula is C17H21NO3. The van der Waals surface area contributed by atoms with E-state index in [2.05, 4.69) is 5.32 Å². The number of amides is 1. The van der Waals surface area contributed by atoms with Gasteiger partial charge in [0.1, 0.15) is 0 Å². The molecular weight excluding hydrogens is 266 g/mol. The van der Waals surface area contributed by atoms with Crippen molar-refractivity contribution >= 4 is 11.6 Å². The molecule has 1 aliphatic heterocycles. The summed E-state index contributed by atoms with van der Waals surface area (Å²) in [4.78, 5) is 11.8. The van der Waals surface area contributed by atoms with Gasteiger partial charge in [0.25, 0.3) is 5.79 Å². The Balaban J connectivity index is 1.74. The van der Waals surface area contributed by atoms with Gasteiger partial charge in [0.05, 0.1) is 0 Å². The van der Waals surface area contributed by atoms with E-state index in [-0.39, 0.29) is 5.91 Å². The van der Waals surface area contributed by atoms with Crippen LogP contribution in [0, 0.1) is 0 Å². The van der Waals surface area contributed by atoms with Crippen LogP contribution in [-0.4, -0.2) is 11.7 Å². The second kappa shape index (κ2) is 5.43. The zero-order valence-electron chi connectivity index (χ0n) is 12.6.